The number of anilines is 1. The molecule has 8 nitrogen and oxygen atoms in total. The van der Waals surface area contributed by atoms with Crippen LogP contribution in [-0.4, -0.2) is 56.7 Å². The molecule has 0 spiro atoms. The molecule has 3 rings (SSSR count). The molecule has 2 aliphatic heterocycles. The van der Waals surface area contributed by atoms with Gasteiger partial charge in [-0.2, -0.15) is 0 Å². The third-order valence-corrected chi connectivity index (χ3v) is 5.65. The fourth-order valence-corrected chi connectivity index (χ4v) is 3.83. The Bertz CT molecular complexity index is 759. The number of carbonyl (C=O) groups is 3. The summed E-state index contributed by atoms with van der Waals surface area (Å²) < 4.78 is 10.7. The predicted octanol–water partition coefficient (Wildman–Crippen LogP) is 1.48. The largest absolute Gasteiger partial charge is 0.497 e. The third kappa shape index (κ3) is 5.30. The predicted molar refractivity (Wildman–Crippen MR) is 112 cm³/mol. The van der Waals surface area contributed by atoms with Crippen LogP contribution in [0.5, 0.6) is 5.75 Å². The van der Waals surface area contributed by atoms with Crippen LogP contribution in [-0.2, 0) is 19.1 Å². The minimum atomic E-state index is -0.649. The Labute approximate surface area is 177 Å². The van der Waals surface area contributed by atoms with E-state index in [2.05, 4.69) is 10.6 Å². The molecular weight excluding hydrogens is 386 g/mol. The van der Waals surface area contributed by atoms with E-state index in [0.29, 0.717) is 18.8 Å². The first-order chi connectivity index (χ1) is 14.4. The zero-order valence-corrected chi connectivity index (χ0v) is 17.8. The van der Waals surface area contributed by atoms with Gasteiger partial charge in [0.05, 0.1) is 19.1 Å². The van der Waals surface area contributed by atoms with Crippen molar-refractivity contribution in [2.45, 2.75) is 45.3 Å². The quantitative estimate of drug-likeness (QED) is 0.668. The average molecular weight is 418 g/mol. The first-order valence-corrected chi connectivity index (χ1v) is 10.5. The van der Waals surface area contributed by atoms with Gasteiger partial charge in [0.2, 0.25) is 17.7 Å². The summed E-state index contributed by atoms with van der Waals surface area (Å²) in [7, 11) is 1.58. The maximum Gasteiger partial charge on any atom is 0.242 e. The molecule has 0 aromatic heterocycles. The molecule has 0 radical (unpaired) electrons. The van der Waals surface area contributed by atoms with E-state index in [1.165, 1.54) is 0 Å². The van der Waals surface area contributed by atoms with Crippen LogP contribution in [0.1, 0.15) is 33.1 Å². The fourth-order valence-electron chi connectivity index (χ4n) is 3.83. The summed E-state index contributed by atoms with van der Waals surface area (Å²) in [6.45, 7) is 5.25. The maximum atomic E-state index is 12.8. The molecule has 1 aromatic rings. The lowest BCUT2D eigenvalue weighted by Crippen LogP contribution is -2.52. The van der Waals surface area contributed by atoms with Crippen LogP contribution in [0.15, 0.2) is 24.3 Å². The van der Waals surface area contributed by atoms with Gasteiger partial charge in [-0.15, -0.1) is 0 Å². The first kappa shape index (κ1) is 22.1. The van der Waals surface area contributed by atoms with Gasteiger partial charge in [-0.3, -0.25) is 14.4 Å². The zero-order valence-electron chi connectivity index (χ0n) is 17.8. The Kier molecular flexibility index (Phi) is 7.31. The highest BCUT2D eigenvalue weighted by molar-refractivity contribution is 6.01. The highest BCUT2D eigenvalue weighted by Gasteiger charge is 2.37. The van der Waals surface area contributed by atoms with Gasteiger partial charge in [-0.05, 0) is 43.0 Å². The van der Waals surface area contributed by atoms with Crippen molar-refractivity contribution in [2.24, 2.45) is 11.8 Å². The summed E-state index contributed by atoms with van der Waals surface area (Å²) in [5, 5.41) is 5.74. The number of carbonyl (C=O) groups excluding carboxylic acids is 3. The smallest absolute Gasteiger partial charge is 0.242 e. The molecule has 3 atom stereocenters. The van der Waals surface area contributed by atoms with Gasteiger partial charge >= 0.3 is 0 Å². The number of ether oxygens (including phenoxy) is 2. The second kappa shape index (κ2) is 9.93. The Morgan fingerprint density at radius 2 is 2.00 bits per heavy atom. The monoisotopic (exact) mass is 417 g/mol. The topological polar surface area (TPSA) is 97.0 Å². The standard InChI is InChI=1S/C22H31N3O5/c1-14(2)20(22(28)23-12-18-5-4-10-30-18)24-21(27)15-11-19(26)25(13-15)16-6-8-17(29-3)9-7-16/h6-9,14-15,18,20H,4-5,10-13H2,1-3H3,(H,23,28)(H,24,27)/t15-,18-,20-/m0/s1. The summed E-state index contributed by atoms with van der Waals surface area (Å²) in [5.41, 5.74) is 0.728. The summed E-state index contributed by atoms with van der Waals surface area (Å²) >= 11 is 0. The van der Waals surface area contributed by atoms with Crippen LogP contribution >= 0.6 is 0 Å². The SMILES string of the molecule is COc1ccc(N2C[C@@H](C(=O)N[C@H](C(=O)NC[C@@H]3CCCO3)C(C)C)CC2=O)cc1. The van der Waals surface area contributed by atoms with Gasteiger partial charge in [-0.25, -0.2) is 0 Å². The van der Waals surface area contributed by atoms with Gasteiger partial charge in [0.25, 0.3) is 0 Å². The molecule has 164 valence electrons. The minimum absolute atomic E-state index is 0.0444. The normalized spacial score (nSPS) is 22.3. The number of methoxy groups -OCH3 is 1. The highest BCUT2D eigenvalue weighted by Crippen LogP contribution is 2.27. The third-order valence-electron chi connectivity index (χ3n) is 5.65. The Morgan fingerprint density at radius 3 is 2.60 bits per heavy atom. The average Bonchev–Trinajstić information content (AvgIpc) is 3.39. The Hall–Kier alpha value is -2.61. The molecule has 2 fully saturated rings. The van der Waals surface area contributed by atoms with Crippen molar-refractivity contribution < 1.29 is 23.9 Å². The number of hydrogen-bond donors (Lipinski definition) is 2. The van der Waals surface area contributed by atoms with Crippen LogP contribution in [0.4, 0.5) is 5.69 Å². The Balaban J connectivity index is 1.57. The number of nitrogens with zero attached hydrogens (tertiary/aromatic N) is 1. The molecule has 2 saturated heterocycles. The van der Waals surface area contributed by atoms with Gasteiger partial charge in [0.15, 0.2) is 0 Å². The molecule has 3 amide bonds. The van der Waals surface area contributed by atoms with E-state index in [1.807, 2.05) is 13.8 Å². The lowest BCUT2D eigenvalue weighted by molar-refractivity contribution is -0.132. The van der Waals surface area contributed by atoms with E-state index in [4.69, 9.17) is 9.47 Å². The van der Waals surface area contributed by atoms with E-state index < -0.39 is 12.0 Å². The van der Waals surface area contributed by atoms with Gasteiger partial charge in [-0.1, -0.05) is 13.8 Å². The van der Waals surface area contributed by atoms with Crippen LogP contribution in [0, 0.1) is 11.8 Å². The number of benzene rings is 1. The van der Waals surface area contributed by atoms with E-state index in [0.717, 1.165) is 25.1 Å². The fraction of sp³-hybridized carbons (Fsp3) is 0.591. The van der Waals surface area contributed by atoms with Gasteiger partial charge in [0.1, 0.15) is 11.8 Å². The molecule has 0 bridgehead atoms. The summed E-state index contributed by atoms with van der Waals surface area (Å²) in [6.07, 6.45) is 2.11. The van der Waals surface area contributed by atoms with Crippen molar-refractivity contribution in [3.05, 3.63) is 24.3 Å². The molecule has 1 aromatic carbocycles. The first-order valence-electron chi connectivity index (χ1n) is 10.5. The summed E-state index contributed by atoms with van der Waals surface area (Å²) in [4.78, 5) is 39.5. The van der Waals surface area contributed by atoms with Crippen molar-refractivity contribution in [3.8, 4) is 5.75 Å². The van der Waals surface area contributed by atoms with Crippen LogP contribution in [0.3, 0.4) is 0 Å². The number of rotatable bonds is 8. The number of amides is 3. The molecular formula is C22H31N3O5. The summed E-state index contributed by atoms with van der Waals surface area (Å²) in [6, 6.07) is 6.51. The molecule has 2 aliphatic rings. The zero-order chi connectivity index (χ0) is 21.7. The molecule has 0 saturated carbocycles. The van der Waals surface area contributed by atoms with Crippen LogP contribution in [0.25, 0.3) is 0 Å². The minimum Gasteiger partial charge on any atom is -0.497 e. The number of nitrogens with one attached hydrogen (secondary N) is 2. The van der Waals surface area contributed by atoms with Crippen molar-refractivity contribution in [1.29, 1.82) is 0 Å². The van der Waals surface area contributed by atoms with Crippen molar-refractivity contribution in [1.82, 2.24) is 10.6 Å². The second-order valence-corrected chi connectivity index (χ2v) is 8.21. The lowest BCUT2D eigenvalue weighted by atomic mass is 10.0. The molecule has 0 unspecified atom stereocenters. The molecule has 8 heteroatoms. The van der Waals surface area contributed by atoms with E-state index >= 15 is 0 Å². The van der Waals surface area contributed by atoms with Crippen LogP contribution in [0.2, 0.25) is 0 Å². The van der Waals surface area contributed by atoms with Crippen molar-refractivity contribution >= 4 is 23.4 Å². The lowest BCUT2D eigenvalue weighted by Gasteiger charge is -2.24. The van der Waals surface area contributed by atoms with Crippen molar-refractivity contribution in [3.63, 3.8) is 0 Å². The highest BCUT2D eigenvalue weighted by atomic mass is 16.5. The molecule has 2 heterocycles. The van der Waals surface area contributed by atoms with Gasteiger partial charge in [0, 0.05) is 31.8 Å². The van der Waals surface area contributed by atoms with Gasteiger partial charge < -0.3 is 25.0 Å². The number of hydrogen-bond acceptors (Lipinski definition) is 5. The maximum absolute atomic E-state index is 12.8. The van der Waals surface area contributed by atoms with E-state index in [9.17, 15) is 14.4 Å². The molecule has 0 aliphatic carbocycles. The van der Waals surface area contributed by atoms with E-state index in [-0.39, 0.29) is 36.2 Å². The van der Waals surface area contributed by atoms with E-state index in [1.54, 1.807) is 36.3 Å². The van der Waals surface area contributed by atoms with Crippen LogP contribution < -0.4 is 20.3 Å². The Morgan fingerprint density at radius 1 is 1.27 bits per heavy atom. The summed E-state index contributed by atoms with van der Waals surface area (Å²) in [5.74, 6) is -0.465. The van der Waals surface area contributed by atoms with Crippen molar-refractivity contribution in [2.75, 3.05) is 31.7 Å². The molecule has 30 heavy (non-hydrogen) atoms. The second-order valence-electron chi connectivity index (χ2n) is 8.21. The molecule has 2 N–H and O–H groups in total.